The van der Waals surface area contributed by atoms with E-state index in [1.807, 2.05) is 24.1 Å². The smallest absolute Gasteiger partial charge is 0.128 e. The number of benzene rings is 1. The molecule has 0 atom stereocenters. The number of rotatable bonds is 4. The van der Waals surface area contributed by atoms with E-state index in [0.29, 0.717) is 0 Å². The summed E-state index contributed by atoms with van der Waals surface area (Å²) in [6.07, 6.45) is 5.58. The van der Waals surface area contributed by atoms with Crippen LogP contribution in [-0.4, -0.2) is 19.7 Å². The fraction of sp³-hybridized carbons (Fsp3) is 0.118. The van der Waals surface area contributed by atoms with Gasteiger partial charge in [0.25, 0.3) is 0 Å². The summed E-state index contributed by atoms with van der Waals surface area (Å²) in [6.45, 7) is 0. The molecule has 0 unspecified atom stereocenters. The van der Waals surface area contributed by atoms with Crippen LogP contribution >= 0.6 is 39.0 Å². The monoisotopic (exact) mass is 416 g/mol. The second-order valence-electron chi connectivity index (χ2n) is 5.33. The number of hydrogen-bond donors (Lipinski definition) is 0. The number of halogens is 1. The van der Waals surface area contributed by atoms with Crippen molar-refractivity contribution in [1.82, 2.24) is 19.7 Å². The maximum Gasteiger partial charge on any atom is 0.128 e. The van der Waals surface area contributed by atoms with Gasteiger partial charge in [-0.2, -0.15) is 5.10 Å². The second kappa shape index (κ2) is 6.66. The van der Waals surface area contributed by atoms with Gasteiger partial charge in [0.15, 0.2) is 0 Å². The Balaban J connectivity index is 1.72. The fourth-order valence-corrected chi connectivity index (χ4v) is 4.67. The zero-order valence-electron chi connectivity index (χ0n) is 12.8. The number of aryl methyl sites for hydroxylation is 1. The van der Waals surface area contributed by atoms with E-state index in [-0.39, 0.29) is 0 Å². The highest BCUT2D eigenvalue weighted by atomic mass is 79.9. The molecule has 4 nitrogen and oxygen atoms in total. The lowest BCUT2D eigenvalue weighted by molar-refractivity contribution is 0.767. The topological polar surface area (TPSA) is 43.6 Å². The summed E-state index contributed by atoms with van der Waals surface area (Å²) in [6, 6.07) is 8.36. The van der Waals surface area contributed by atoms with Gasteiger partial charge in [-0.1, -0.05) is 28.1 Å². The van der Waals surface area contributed by atoms with Crippen LogP contribution in [0.25, 0.3) is 21.3 Å². The van der Waals surface area contributed by atoms with E-state index in [2.05, 4.69) is 60.6 Å². The summed E-state index contributed by atoms with van der Waals surface area (Å²) < 4.78 is 2.90. The lowest BCUT2D eigenvalue weighted by atomic mass is 10.1. The number of thioether (sulfide) groups is 1. The Labute approximate surface area is 156 Å². The van der Waals surface area contributed by atoms with Gasteiger partial charge in [0.1, 0.15) is 16.2 Å². The van der Waals surface area contributed by atoms with Crippen molar-refractivity contribution >= 4 is 49.2 Å². The van der Waals surface area contributed by atoms with Crippen molar-refractivity contribution in [3.8, 4) is 11.1 Å². The van der Waals surface area contributed by atoms with E-state index in [4.69, 9.17) is 0 Å². The summed E-state index contributed by atoms with van der Waals surface area (Å²) in [7, 11) is 1.93. The van der Waals surface area contributed by atoms with Crippen LogP contribution in [0.4, 0.5) is 0 Å². The molecule has 0 saturated carbocycles. The number of aromatic nitrogens is 4. The fourth-order valence-electron chi connectivity index (χ4n) is 2.50. The quantitative estimate of drug-likeness (QED) is 0.340. The molecule has 4 rings (SSSR count). The molecule has 0 fully saturated rings. The zero-order valence-corrected chi connectivity index (χ0v) is 16.0. The van der Waals surface area contributed by atoms with Crippen LogP contribution in [0.1, 0.15) is 5.56 Å². The van der Waals surface area contributed by atoms with Crippen LogP contribution in [0.5, 0.6) is 0 Å². The number of fused-ring (bicyclic) bond motifs is 1. The minimum Gasteiger partial charge on any atom is -0.276 e. The van der Waals surface area contributed by atoms with E-state index in [0.717, 1.165) is 25.5 Å². The lowest BCUT2D eigenvalue weighted by Gasteiger charge is -2.05. The van der Waals surface area contributed by atoms with E-state index < -0.39 is 0 Å². The highest BCUT2D eigenvalue weighted by molar-refractivity contribution is 9.10. The van der Waals surface area contributed by atoms with Crippen molar-refractivity contribution in [2.24, 2.45) is 7.05 Å². The molecular formula is C17H13BrN4S2. The molecule has 0 aliphatic rings. The van der Waals surface area contributed by atoms with Crippen LogP contribution < -0.4 is 0 Å². The summed E-state index contributed by atoms with van der Waals surface area (Å²) in [5, 5.41) is 8.54. The van der Waals surface area contributed by atoms with Gasteiger partial charge < -0.3 is 0 Å². The molecule has 0 spiro atoms. The van der Waals surface area contributed by atoms with Crippen LogP contribution in [0, 0.1) is 0 Å². The van der Waals surface area contributed by atoms with Gasteiger partial charge in [-0.25, -0.2) is 9.97 Å². The van der Waals surface area contributed by atoms with E-state index in [1.54, 1.807) is 29.4 Å². The average molecular weight is 417 g/mol. The predicted octanol–water partition coefficient (Wildman–Crippen LogP) is 5.15. The number of thiophene rings is 1. The van der Waals surface area contributed by atoms with Crippen LogP contribution in [0.3, 0.4) is 0 Å². The first-order chi connectivity index (χ1) is 11.7. The van der Waals surface area contributed by atoms with Crippen molar-refractivity contribution in [2.75, 3.05) is 0 Å². The Morgan fingerprint density at radius 1 is 1.21 bits per heavy atom. The normalized spacial score (nSPS) is 11.2. The van der Waals surface area contributed by atoms with Crippen LogP contribution in [0.2, 0.25) is 0 Å². The molecule has 0 radical (unpaired) electrons. The molecule has 4 aromatic rings. The Morgan fingerprint density at radius 3 is 2.79 bits per heavy atom. The summed E-state index contributed by atoms with van der Waals surface area (Å²) in [5.74, 6) is 0.843. The Bertz CT molecular complexity index is 991. The molecule has 120 valence electrons. The van der Waals surface area contributed by atoms with Crippen molar-refractivity contribution < 1.29 is 0 Å². The third kappa shape index (κ3) is 3.11. The standard InChI is InChI=1S/C17H13BrN4S2/c1-22-7-11(6-21-22)8-23-16-15-14(9-24-17(15)20-10-19-16)12-2-4-13(18)5-3-12/h2-7,9-10H,8H2,1H3. The minimum absolute atomic E-state index is 0.843. The van der Waals surface area contributed by atoms with Crippen molar-refractivity contribution in [1.29, 1.82) is 0 Å². The van der Waals surface area contributed by atoms with E-state index in [9.17, 15) is 0 Å². The first-order valence-corrected chi connectivity index (χ1v) is 9.95. The van der Waals surface area contributed by atoms with Gasteiger partial charge in [-0.15, -0.1) is 23.1 Å². The summed E-state index contributed by atoms with van der Waals surface area (Å²) >= 11 is 6.88. The van der Waals surface area contributed by atoms with Crippen LogP contribution in [0.15, 0.2) is 57.9 Å². The average Bonchev–Trinajstić information content (AvgIpc) is 3.20. The second-order valence-corrected chi connectivity index (χ2v) is 8.06. The molecule has 0 amide bonds. The molecule has 0 bridgehead atoms. The van der Waals surface area contributed by atoms with Crippen LogP contribution in [-0.2, 0) is 12.8 Å². The molecule has 7 heteroatoms. The van der Waals surface area contributed by atoms with Crippen molar-refractivity contribution in [3.05, 3.63) is 58.4 Å². The molecule has 0 aliphatic carbocycles. The minimum atomic E-state index is 0.843. The Hall–Kier alpha value is -1.70. The lowest BCUT2D eigenvalue weighted by Crippen LogP contribution is -1.87. The first-order valence-electron chi connectivity index (χ1n) is 7.29. The third-order valence-corrected chi connectivity index (χ3v) is 6.10. The predicted molar refractivity (Wildman–Crippen MR) is 103 cm³/mol. The van der Waals surface area contributed by atoms with Gasteiger partial charge in [-0.3, -0.25) is 4.68 Å². The first kappa shape index (κ1) is 15.8. The molecular weight excluding hydrogens is 404 g/mol. The van der Waals surface area contributed by atoms with Crippen molar-refractivity contribution in [3.63, 3.8) is 0 Å². The highest BCUT2D eigenvalue weighted by Crippen LogP contribution is 2.38. The Morgan fingerprint density at radius 2 is 2.04 bits per heavy atom. The summed E-state index contributed by atoms with van der Waals surface area (Å²) in [5.41, 5.74) is 3.56. The maximum atomic E-state index is 4.53. The maximum absolute atomic E-state index is 4.53. The number of hydrogen-bond acceptors (Lipinski definition) is 5. The molecule has 0 aliphatic heterocycles. The largest absolute Gasteiger partial charge is 0.276 e. The molecule has 0 saturated heterocycles. The van der Waals surface area contributed by atoms with Crippen molar-refractivity contribution in [2.45, 2.75) is 10.8 Å². The Kier molecular flexibility index (Phi) is 4.39. The molecule has 0 N–H and O–H groups in total. The van der Waals surface area contributed by atoms with Gasteiger partial charge in [0.05, 0.1) is 11.6 Å². The molecule has 24 heavy (non-hydrogen) atoms. The van der Waals surface area contributed by atoms with Gasteiger partial charge >= 0.3 is 0 Å². The zero-order chi connectivity index (χ0) is 16.5. The molecule has 1 aromatic carbocycles. The third-order valence-electron chi connectivity index (χ3n) is 3.62. The molecule has 3 aromatic heterocycles. The van der Waals surface area contributed by atoms with E-state index in [1.165, 1.54) is 16.7 Å². The van der Waals surface area contributed by atoms with Gasteiger partial charge in [0.2, 0.25) is 0 Å². The van der Waals surface area contributed by atoms with Gasteiger partial charge in [-0.05, 0) is 17.7 Å². The van der Waals surface area contributed by atoms with E-state index >= 15 is 0 Å². The van der Waals surface area contributed by atoms with Gasteiger partial charge in [0, 0.05) is 40.0 Å². The highest BCUT2D eigenvalue weighted by Gasteiger charge is 2.13. The SMILES string of the molecule is Cn1cc(CSc2ncnc3scc(-c4ccc(Br)cc4)c23)cn1. The molecule has 3 heterocycles. The summed E-state index contributed by atoms with van der Waals surface area (Å²) in [4.78, 5) is 9.98. The number of nitrogens with zero attached hydrogens (tertiary/aromatic N) is 4.